The zero-order chi connectivity index (χ0) is 28.5. The van der Waals surface area contributed by atoms with Crippen LogP contribution in [-0.4, -0.2) is 61.6 Å². The molecular formula is C23H22F5N5O4S2. The highest BCUT2D eigenvalue weighted by atomic mass is 32.2. The van der Waals surface area contributed by atoms with Crippen LogP contribution in [0.15, 0.2) is 46.4 Å². The molecule has 39 heavy (non-hydrogen) atoms. The van der Waals surface area contributed by atoms with E-state index in [1.165, 1.54) is 13.0 Å². The number of alkyl halides is 3. The summed E-state index contributed by atoms with van der Waals surface area (Å²) in [5.41, 5.74) is 1.73. The van der Waals surface area contributed by atoms with E-state index in [0.29, 0.717) is 31.6 Å². The number of halogens is 5. The van der Waals surface area contributed by atoms with E-state index in [9.17, 15) is 30.8 Å². The molecule has 1 aliphatic rings. The average molecular weight is 592 g/mol. The number of anilines is 2. The van der Waals surface area contributed by atoms with Crippen LogP contribution in [0, 0.1) is 18.6 Å². The number of pyridine rings is 1. The number of aromatic nitrogens is 2. The molecule has 1 atom stereocenters. The SMILES string of the molecule is Cc1c(N(C)[C@H]2CCN(Cc3ccccc3F)C2)cnc(S(=O)(=O)N(OC(=O)C(F)(F)F)c2cscn2)c1F. The van der Waals surface area contributed by atoms with E-state index in [-0.39, 0.29) is 23.1 Å². The number of sulfonamides is 1. The Kier molecular flexibility index (Phi) is 8.09. The second-order valence-electron chi connectivity index (χ2n) is 8.72. The third-order valence-electron chi connectivity index (χ3n) is 6.20. The molecule has 0 spiro atoms. The van der Waals surface area contributed by atoms with Gasteiger partial charge in [-0.15, -0.1) is 11.3 Å². The zero-order valence-corrected chi connectivity index (χ0v) is 22.2. The smallest absolute Gasteiger partial charge is 0.369 e. The number of nitrogens with zero attached hydrogens (tertiary/aromatic N) is 5. The van der Waals surface area contributed by atoms with Gasteiger partial charge >= 0.3 is 22.2 Å². The molecule has 0 N–H and O–H groups in total. The number of likely N-dealkylation sites (N-methyl/N-ethyl adjacent to an activating group) is 1. The summed E-state index contributed by atoms with van der Waals surface area (Å²) in [5.74, 6) is -5.17. The summed E-state index contributed by atoms with van der Waals surface area (Å²) in [6, 6.07) is 6.27. The van der Waals surface area contributed by atoms with Crippen LogP contribution in [0.2, 0.25) is 0 Å². The van der Waals surface area contributed by atoms with Crippen LogP contribution in [0.1, 0.15) is 17.5 Å². The molecule has 3 aromatic rings. The molecule has 1 saturated heterocycles. The minimum absolute atomic E-state index is 0.140. The van der Waals surface area contributed by atoms with Gasteiger partial charge in [0.25, 0.3) is 0 Å². The number of rotatable bonds is 8. The Morgan fingerprint density at radius 1 is 1.23 bits per heavy atom. The Hall–Kier alpha value is -3.37. The average Bonchev–Trinajstić information content (AvgIpc) is 3.57. The molecule has 4 rings (SSSR count). The van der Waals surface area contributed by atoms with Crippen LogP contribution in [0.3, 0.4) is 0 Å². The largest absolute Gasteiger partial charge is 0.493 e. The van der Waals surface area contributed by atoms with Gasteiger partial charge in [0.1, 0.15) is 5.82 Å². The van der Waals surface area contributed by atoms with Crippen LogP contribution < -0.4 is 9.37 Å². The van der Waals surface area contributed by atoms with Gasteiger partial charge in [0.05, 0.1) is 17.4 Å². The Balaban J connectivity index is 1.57. The predicted molar refractivity (Wildman–Crippen MR) is 131 cm³/mol. The van der Waals surface area contributed by atoms with E-state index >= 15 is 4.39 Å². The minimum atomic E-state index is -5.53. The standard InChI is InChI=1S/C23H22F5N5O4S2/c1-14-18(31(2)16-7-8-32(11-16)10-15-5-3-4-6-17(15)24)9-29-21(20(14)25)39(35,36)33(19-12-38-13-30-19)37-22(34)23(26,27)28/h3-6,9,12-13,16H,7-8,10-11H2,1-2H3/t16-/m0/s1. The molecule has 16 heteroatoms. The van der Waals surface area contributed by atoms with Crippen LogP contribution in [-0.2, 0) is 26.2 Å². The first kappa shape index (κ1) is 28.6. The van der Waals surface area contributed by atoms with Gasteiger partial charge in [-0.05, 0) is 19.4 Å². The highest BCUT2D eigenvalue weighted by Gasteiger charge is 2.46. The molecule has 0 radical (unpaired) electrons. The molecule has 0 unspecified atom stereocenters. The molecule has 3 heterocycles. The molecule has 0 amide bonds. The van der Waals surface area contributed by atoms with Crippen molar-refractivity contribution in [2.45, 2.75) is 37.1 Å². The molecule has 0 aliphatic carbocycles. The lowest BCUT2D eigenvalue weighted by Crippen LogP contribution is -2.40. The second-order valence-corrected chi connectivity index (χ2v) is 11.1. The molecule has 1 aromatic carbocycles. The minimum Gasteiger partial charge on any atom is -0.369 e. The quantitative estimate of drug-likeness (QED) is 0.286. The van der Waals surface area contributed by atoms with Crippen molar-refractivity contribution >= 4 is 38.8 Å². The van der Waals surface area contributed by atoms with Crippen LogP contribution in [0.4, 0.5) is 33.5 Å². The van der Waals surface area contributed by atoms with Gasteiger partial charge in [-0.2, -0.15) is 21.6 Å². The third-order valence-corrected chi connectivity index (χ3v) is 8.24. The van der Waals surface area contributed by atoms with Crippen molar-refractivity contribution in [3.63, 3.8) is 0 Å². The van der Waals surface area contributed by atoms with Crippen molar-refractivity contribution < 1.29 is 40.0 Å². The van der Waals surface area contributed by atoms with E-state index in [0.717, 1.165) is 28.4 Å². The Morgan fingerprint density at radius 3 is 2.59 bits per heavy atom. The van der Waals surface area contributed by atoms with E-state index < -0.39 is 43.3 Å². The first-order valence-electron chi connectivity index (χ1n) is 11.4. The molecule has 0 bridgehead atoms. The molecular weight excluding hydrogens is 569 g/mol. The second kappa shape index (κ2) is 11.0. The van der Waals surface area contributed by atoms with E-state index in [2.05, 4.69) is 14.8 Å². The van der Waals surface area contributed by atoms with E-state index in [4.69, 9.17) is 0 Å². The maximum absolute atomic E-state index is 15.5. The van der Waals surface area contributed by atoms with Crippen molar-refractivity contribution in [1.29, 1.82) is 0 Å². The number of hydrogen-bond donors (Lipinski definition) is 0. The fourth-order valence-electron chi connectivity index (χ4n) is 4.14. The molecule has 9 nitrogen and oxygen atoms in total. The molecule has 2 aromatic heterocycles. The summed E-state index contributed by atoms with van der Waals surface area (Å²) in [6.45, 7) is 2.82. The van der Waals surface area contributed by atoms with Gasteiger partial charge in [-0.1, -0.05) is 22.7 Å². The number of thiazole rings is 1. The van der Waals surface area contributed by atoms with E-state index in [1.807, 2.05) is 4.90 Å². The van der Waals surface area contributed by atoms with Gasteiger partial charge in [-0.3, -0.25) is 4.90 Å². The maximum atomic E-state index is 15.5. The Labute approximate surface area is 224 Å². The van der Waals surface area contributed by atoms with Crippen molar-refractivity contribution in [3.8, 4) is 0 Å². The zero-order valence-electron chi connectivity index (χ0n) is 20.5. The molecule has 210 valence electrons. The lowest BCUT2D eigenvalue weighted by molar-refractivity contribution is -0.199. The number of likely N-dealkylation sites (tertiary alicyclic amines) is 1. The van der Waals surface area contributed by atoms with Crippen molar-refractivity contribution in [2.24, 2.45) is 0 Å². The monoisotopic (exact) mass is 591 g/mol. The first-order valence-corrected chi connectivity index (χ1v) is 13.7. The fourth-order valence-corrected chi connectivity index (χ4v) is 5.95. The van der Waals surface area contributed by atoms with Gasteiger partial charge in [0.2, 0.25) is 5.03 Å². The van der Waals surface area contributed by atoms with Gasteiger partial charge in [0, 0.05) is 49.2 Å². The van der Waals surface area contributed by atoms with Crippen molar-refractivity contribution in [1.82, 2.24) is 14.9 Å². The van der Waals surface area contributed by atoms with Gasteiger partial charge in [-0.25, -0.2) is 23.5 Å². The topological polar surface area (TPSA) is 95.9 Å². The highest BCUT2D eigenvalue weighted by molar-refractivity contribution is 7.92. The summed E-state index contributed by atoms with van der Waals surface area (Å²) in [6.07, 6.45) is -3.80. The first-order chi connectivity index (χ1) is 18.3. The summed E-state index contributed by atoms with van der Waals surface area (Å²) in [4.78, 5) is 26.5. The molecule has 1 aliphatic heterocycles. The van der Waals surface area contributed by atoms with Crippen LogP contribution in [0.5, 0.6) is 0 Å². The van der Waals surface area contributed by atoms with Crippen LogP contribution >= 0.6 is 11.3 Å². The normalized spacial score (nSPS) is 16.3. The number of carbonyl (C=O) groups excluding carboxylic acids is 1. The Morgan fingerprint density at radius 2 is 1.95 bits per heavy atom. The fraction of sp³-hybridized carbons (Fsp3) is 0.348. The van der Waals surface area contributed by atoms with E-state index in [1.54, 1.807) is 30.1 Å². The summed E-state index contributed by atoms with van der Waals surface area (Å²) >= 11 is 0.807. The number of carbonyl (C=O) groups is 1. The molecule has 0 saturated carbocycles. The lowest BCUT2D eigenvalue weighted by Gasteiger charge is -2.29. The maximum Gasteiger partial charge on any atom is 0.493 e. The van der Waals surface area contributed by atoms with Crippen molar-refractivity contribution in [3.05, 3.63) is 64.1 Å². The summed E-state index contributed by atoms with van der Waals surface area (Å²) < 4.78 is 93.8. The van der Waals surface area contributed by atoms with Crippen molar-refractivity contribution in [2.75, 3.05) is 29.5 Å². The number of hydrogen-bond acceptors (Lipinski definition) is 9. The van der Waals surface area contributed by atoms with Crippen LogP contribution in [0.25, 0.3) is 0 Å². The summed E-state index contributed by atoms with van der Waals surface area (Å²) in [5, 5.41) is -0.242. The molecule has 1 fully saturated rings. The number of benzene rings is 1. The van der Waals surface area contributed by atoms with Gasteiger partial charge < -0.3 is 9.74 Å². The lowest BCUT2D eigenvalue weighted by atomic mass is 10.1. The third kappa shape index (κ3) is 5.96. The summed E-state index contributed by atoms with van der Waals surface area (Å²) in [7, 11) is -3.59. The van der Waals surface area contributed by atoms with Gasteiger partial charge in [0.15, 0.2) is 11.6 Å². The highest BCUT2D eigenvalue weighted by Crippen LogP contribution is 2.32. The predicted octanol–water partition coefficient (Wildman–Crippen LogP) is 4.05. The Bertz CT molecular complexity index is 1450.